The smallest absolute Gasteiger partial charge is 0.744 e. The Balaban J connectivity index is -0.00000272. The van der Waals surface area contributed by atoms with Gasteiger partial charge in [-0.05, 0) is 80.1 Å². The van der Waals surface area contributed by atoms with E-state index in [-0.39, 0.29) is 118 Å². The van der Waals surface area contributed by atoms with Gasteiger partial charge in [0, 0.05) is 0 Å². The van der Waals surface area contributed by atoms with Gasteiger partial charge in [0.25, 0.3) is 0 Å². The van der Waals surface area contributed by atoms with Crippen LogP contribution in [0.4, 0.5) is 0 Å². The van der Waals surface area contributed by atoms with Crippen molar-refractivity contribution in [2.45, 2.75) is 33.4 Å². The maximum atomic E-state index is 11.7. The molecule has 0 spiro atoms. The predicted octanol–water partition coefficient (Wildman–Crippen LogP) is -10.9. The van der Waals surface area contributed by atoms with E-state index in [0.717, 1.165) is 13.8 Å². The molecule has 0 saturated carbocycles. The standard InChI is InChI=1S/C14H12Br2O12S4.4Na/c1-5-7(3-9(29(17,18)19)11(15)13(5)31(23,24)25)8-4-10(30(20,21)22)12(16)14(6(8)2)32(26,27)28;;;;/h3-4H,1-2H3,(H,17,18,19)(H,20,21,22)(H,23,24,25)(H,26,27,28);;;;/q;4*+1/p-4. The monoisotopic (exact) mass is 746 g/mol. The summed E-state index contributed by atoms with van der Waals surface area (Å²) < 4.78 is 139. The first-order chi connectivity index (χ1) is 14.1. The van der Waals surface area contributed by atoms with Crippen LogP contribution in [0.15, 0.2) is 40.7 Å². The molecule has 0 atom stereocenters. The summed E-state index contributed by atoms with van der Waals surface area (Å²) in [4.78, 5) is -4.89. The van der Waals surface area contributed by atoms with Crippen LogP contribution in [0.25, 0.3) is 11.1 Å². The Morgan fingerprint density at radius 3 is 0.917 bits per heavy atom. The van der Waals surface area contributed by atoms with Crippen LogP contribution in [0.5, 0.6) is 0 Å². The molecular weight excluding hydrogens is 740 g/mol. The molecule has 178 valence electrons. The van der Waals surface area contributed by atoms with Crippen LogP contribution in [-0.4, -0.2) is 51.9 Å². The van der Waals surface area contributed by atoms with E-state index in [4.69, 9.17) is 0 Å². The molecule has 0 amide bonds. The second-order valence-electron chi connectivity index (χ2n) is 6.20. The molecule has 12 nitrogen and oxygen atoms in total. The molecule has 0 aliphatic carbocycles. The Kier molecular flexibility index (Phi) is 18.1. The zero-order chi connectivity index (χ0) is 25.2. The van der Waals surface area contributed by atoms with E-state index in [1.165, 1.54) is 0 Å². The van der Waals surface area contributed by atoms with Gasteiger partial charge in [0.15, 0.2) is 0 Å². The zero-order valence-electron chi connectivity index (χ0n) is 19.4. The number of hydrogen-bond donors (Lipinski definition) is 0. The molecule has 0 N–H and O–H groups in total. The summed E-state index contributed by atoms with van der Waals surface area (Å²) in [6, 6.07) is 1.10. The maximum absolute atomic E-state index is 11.7. The van der Waals surface area contributed by atoms with E-state index in [1.807, 2.05) is 0 Å². The summed E-state index contributed by atoms with van der Waals surface area (Å²) in [6.45, 7) is 1.95. The molecule has 2 rings (SSSR count). The fourth-order valence-corrected chi connectivity index (χ4v) is 9.05. The minimum absolute atomic E-state index is 0. The molecule has 0 saturated heterocycles. The number of halogens is 2. The van der Waals surface area contributed by atoms with Crippen molar-refractivity contribution in [3.05, 3.63) is 32.2 Å². The van der Waals surface area contributed by atoms with Crippen LogP contribution in [-0.2, 0) is 40.5 Å². The first kappa shape index (κ1) is 43.5. The molecular formula is C14H8Br2Na4O12S4. The van der Waals surface area contributed by atoms with Gasteiger partial charge in [-0.25, -0.2) is 33.7 Å². The number of benzene rings is 2. The van der Waals surface area contributed by atoms with Crippen molar-refractivity contribution in [1.29, 1.82) is 0 Å². The van der Waals surface area contributed by atoms with Crippen molar-refractivity contribution in [3.8, 4) is 11.1 Å². The molecule has 36 heavy (non-hydrogen) atoms. The Hall–Kier alpha value is 3.04. The van der Waals surface area contributed by atoms with Gasteiger partial charge in [-0.3, -0.25) is 0 Å². The summed E-state index contributed by atoms with van der Waals surface area (Å²) in [5.41, 5.74) is -2.24. The first-order valence-electron chi connectivity index (χ1n) is 7.60. The van der Waals surface area contributed by atoms with Gasteiger partial charge in [-0.2, -0.15) is 0 Å². The predicted molar refractivity (Wildman–Crippen MR) is 109 cm³/mol. The third kappa shape index (κ3) is 9.53. The molecule has 2 aromatic carbocycles. The fraction of sp³-hybridized carbons (Fsp3) is 0.143. The topological polar surface area (TPSA) is 229 Å². The van der Waals surface area contributed by atoms with Crippen molar-refractivity contribution in [1.82, 2.24) is 0 Å². The van der Waals surface area contributed by atoms with Gasteiger partial charge in [0.1, 0.15) is 40.5 Å². The van der Waals surface area contributed by atoms with Crippen molar-refractivity contribution in [3.63, 3.8) is 0 Å². The molecule has 0 unspecified atom stereocenters. The van der Waals surface area contributed by atoms with Crippen LogP contribution in [0.2, 0.25) is 0 Å². The fourth-order valence-electron chi connectivity index (χ4n) is 2.92. The van der Waals surface area contributed by atoms with Crippen LogP contribution in [0.1, 0.15) is 11.1 Å². The van der Waals surface area contributed by atoms with Gasteiger partial charge in [-0.15, -0.1) is 0 Å². The SMILES string of the molecule is Cc1c(-c2cc(S(=O)(=O)[O-])c(Br)c(S(=O)(=O)[O-])c2C)cc(S(=O)(=O)[O-])c(Br)c1S(=O)(=O)[O-].[Na+].[Na+].[Na+].[Na+]. The molecule has 0 bridgehead atoms. The molecule has 2 aromatic rings. The van der Waals surface area contributed by atoms with Gasteiger partial charge in [-0.1, -0.05) is 0 Å². The summed E-state index contributed by atoms with van der Waals surface area (Å²) in [5.74, 6) is 0. The molecule has 22 heteroatoms. The Bertz CT molecular complexity index is 1490. The summed E-state index contributed by atoms with van der Waals surface area (Å²) in [5, 5.41) is 0. The normalized spacial score (nSPS) is 11.9. The summed E-state index contributed by atoms with van der Waals surface area (Å²) in [7, 11) is -21.8. The van der Waals surface area contributed by atoms with E-state index in [0.29, 0.717) is 12.1 Å². The molecule has 0 aliphatic heterocycles. The molecule has 0 fully saturated rings. The van der Waals surface area contributed by atoms with Crippen LogP contribution >= 0.6 is 31.9 Å². The minimum Gasteiger partial charge on any atom is -0.744 e. The minimum atomic E-state index is -5.44. The summed E-state index contributed by atoms with van der Waals surface area (Å²) >= 11 is 5.15. The molecule has 0 aliphatic rings. The second-order valence-corrected chi connectivity index (χ2v) is 13.1. The third-order valence-corrected chi connectivity index (χ3v) is 10.6. The van der Waals surface area contributed by atoms with Gasteiger partial charge < -0.3 is 18.2 Å². The van der Waals surface area contributed by atoms with Crippen molar-refractivity contribution < 1.29 is 170 Å². The average Bonchev–Trinajstić information content (AvgIpc) is 2.51. The van der Waals surface area contributed by atoms with Crippen molar-refractivity contribution >= 4 is 72.3 Å². The Morgan fingerprint density at radius 1 is 0.528 bits per heavy atom. The van der Waals surface area contributed by atoms with E-state index < -0.39 is 91.3 Å². The maximum Gasteiger partial charge on any atom is 1.00 e. The molecule has 0 radical (unpaired) electrons. The average molecular weight is 748 g/mol. The Labute approximate surface area is 313 Å². The third-order valence-electron chi connectivity index (χ3n) is 4.20. The van der Waals surface area contributed by atoms with Crippen molar-refractivity contribution in [2.75, 3.05) is 0 Å². The van der Waals surface area contributed by atoms with E-state index in [2.05, 4.69) is 31.9 Å². The van der Waals surface area contributed by atoms with Gasteiger partial charge in [0.2, 0.25) is 0 Å². The van der Waals surface area contributed by atoms with E-state index in [1.54, 1.807) is 0 Å². The summed E-state index contributed by atoms with van der Waals surface area (Å²) in [6.07, 6.45) is 0. The molecule has 0 aromatic heterocycles. The van der Waals surface area contributed by atoms with Gasteiger partial charge in [0.05, 0.1) is 28.5 Å². The molecule has 0 heterocycles. The van der Waals surface area contributed by atoms with E-state index >= 15 is 0 Å². The number of hydrogen-bond acceptors (Lipinski definition) is 12. The second kappa shape index (κ2) is 15.0. The van der Waals surface area contributed by atoms with Crippen LogP contribution in [0, 0.1) is 13.8 Å². The first-order valence-corrected chi connectivity index (χ1v) is 14.8. The van der Waals surface area contributed by atoms with E-state index in [9.17, 15) is 51.9 Å². The van der Waals surface area contributed by atoms with Gasteiger partial charge >= 0.3 is 118 Å². The quantitative estimate of drug-likeness (QED) is 0.205. The zero-order valence-corrected chi connectivity index (χ0v) is 33.9. The Morgan fingerprint density at radius 2 is 0.750 bits per heavy atom. The van der Waals surface area contributed by atoms with Crippen LogP contribution in [0.3, 0.4) is 0 Å². The largest absolute Gasteiger partial charge is 1.00 e. The van der Waals surface area contributed by atoms with Crippen molar-refractivity contribution in [2.24, 2.45) is 0 Å². The van der Waals surface area contributed by atoms with Crippen LogP contribution < -0.4 is 118 Å². The number of rotatable bonds is 5.